The second-order valence-corrected chi connectivity index (χ2v) is 19.1. The maximum Gasteiger partial charge on any atom is 0.257 e. The zero-order valence-corrected chi connectivity index (χ0v) is 36.3. The van der Waals surface area contributed by atoms with Gasteiger partial charge in [0.05, 0.1) is 37.3 Å². The smallest absolute Gasteiger partial charge is 0.257 e. The third-order valence-electron chi connectivity index (χ3n) is 12.2. The Morgan fingerprint density at radius 3 is 1.93 bits per heavy atom. The van der Waals surface area contributed by atoms with Crippen LogP contribution in [-0.4, -0.2) is 91.4 Å². The van der Waals surface area contributed by atoms with E-state index in [1.165, 1.54) is 5.69 Å². The number of likely N-dealkylation sites (N-methyl/N-ethyl adjacent to an activating group) is 1. The first-order valence-electron chi connectivity index (χ1n) is 21.0. The number of rotatable bonds is 11. The first-order chi connectivity index (χ1) is 28.4. The Labute approximate surface area is 354 Å². The van der Waals surface area contributed by atoms with E-state index in [1.807, 2.05) is 44.0 Å². The summed E-state index contributed by atoms with van der Waals surface area (Å²) in [6, 6.07) is 17.2. The van der Waals surface area contributed by atoms with Crippen molar-refractivity contribution in [3.63, 3.8) is 0 Å². The zero-order valence-electron chi connectivity index (χ0n) is 34.7. The maximum absolute atomic E-state index is 10.6. The number of anilines is 7. The highest BCUT2D eigenvalue weighted by molar-refractivity contribution is 7.18. The van der Waals surface area contributed by atoms with Crippen LogP contribution in [0.15, 0.2) is 59.3 Å². The average molecular weight is 834 g/mol. The molecule has 3 aliphatic rings. The van der Waals surface area contributed by atoms with Crippen LogP contribution in [0.3, 0.4) is 0 Å². The topological polar surface area (TPSA) is 140 Å². The van der Waals surface area contributed by atoms with Crippen molar-refractivity contribution in [2.24, 2.45) is 0 Å². The van der Waals surface area contributed by atoms with Crippen LogP contribution in [0.1, 0.15) is 76.6 Å². The van der Waals surface area contributed by atoms with Gasteiger partial charge in [0, 0.05) is 61.0 Å². The van der Waals surface area contributed by atoms with Gasteiger partial charge in [-0.15, -0.1) is 22.7 Å². The molecular weight excluding hydrogens is 779 g/mol. The third-order valence-corrected chi connectivity index (χ3v) is 14.0. The van der Waals surface area contributed by atoms with Crippen LogP contribution < -0.4 is 25.9 Å². The summed E-state index contributed by atoms with van der Waals surface area (Å²) in [5, 5.41) is 27.6. The molecule has 310 valence electrons. The molecule has 0 atom stereocenters. The second-order valence-electron chi connectivity index (χ2n) is 17.3. The van der Waals surface area contributed by atoms with Crippen LogP contribution in [0.4, 0.5) is 40.6 Å². The van der Waals surface area contributed by atoms with Crippen LogP contribution in [-0.2, 0) is 4.84 Å². The Hall–Kier alpha value is -4.67. The van der Waals surface area contributed by atoms with Crippen molar-refractivity contribution in [1.82, 2.24) is 29.8 Å². The van der Waals surface area contributed by atoms with Gasteiger partial charge in [0.2, 0.25) is 5.95 Å². The number of aromatic nitrogens is 5. The quantitative estimate of drug-likeness (QED) is 0.0924. The van der Waals surface area contributed by atoms with Gasteiger partial charge >= 0.3 is 0 Å². The first kappa shape index (κ1) is 39.8. The maximum atomic E-state index is 10.6. The Bertz CT molecular complexity index is 2370. The highest BCUT2D eigenvalue weighted by Gasteiger charge is 2.37. The van der Waals surface area contributed by atoms with Gasteiger partial charge < -0.3 is 30.9 Å². The number of aliphatic hydroxyl groups is 1. The Morgan fingerprint density at radius 2 is 1.31 bits per heavy atom. The number of pyridine rings is 1. The number of nitrogens with one attached hydrogen (secondary N) is 3. The molecule has 4 N–H and O–H groups in total. The number of hydrogen-bond acceptors (Lipinski definition) is 15. The van der Waals surface area contributed by atoms with Crippen molar-refractivity contribution in [3.05, 3.63) is 70.7 Å². The summed E-state index contributed by atoms with van der Waals surface area (Å²) in [5.74, 6) is 2.74. The molecule has 1 saturated heterocycles. The third kappa shape index (κ3) is 9.09. The number of aryl methyl sites for hydroxylation is 2. The highest BCUT2D eigenvalue weighted by Crippen LogP contribution is 2.40. The number of benzene rings is 1. The molecule has 6 heterocycles. The average Bonchev–Trinajstić information content (AvgIpc) is 3.90. The summed E-state index contributed by atoms with van der Waals surface area (Å²) in [6.45, 7) is 12.4. The minimum absolute atomic E-state index is 0.215. The molecule has 1 aliphatic heterocycles. The fourth-order valence-corrected chi connectivity index (χ4v) is 10.2. The van der Waals surface area contributed by atoms with E-state index in [0.29, 0.717) is 11.9 Å². The molecule has 59 heavy (non-hydrogen) atoms. The lowest BCUT2D eigenvalue weighted by molar-refractivity contribution is -0.0599. The SMILES string of the molecule is Cc1cc(N(OC2(C)CCC(Nc3nc(Nc4ccc(N5CCN(C)CC5)cc4)nc4ccsc34)CC2)c2nc(NC3CCC(C)(O)CC3)c3sccc3n2)cc(C)n1. The van der Waals surface area contributed by atoms with Gasteiger partial charge in [0.25, 0.3) is 5.95 Å². The fourth-order valence-electron chi connectivity index (χ4n) is 8.60. The van der Waals surface area contributed by atoms with Crippen molar-refractivity contribution in [2.75, 3.05) is 59.1 Å². The Balaban J connectivity index is 0.913. The summed E-state index contributed by atoms with van der Waals surface area (Å²) < 4.78 is 2.08. The zero-order chi connectivity index (χ0) is 40.7. The van der Waals surface area contributed by atoms with E-state index in [9.17, 15) is 5.11 Å². The molecule has 1 aromatic carbocycles. The Kier molecular flexibility index (Phi) is 11.1. The molecule has 0 radical (unpaired) electrons. The van der Waals surface area contributed by atoms with E-state index in [1.54, 1.807) is 22.7 Å². The summed E-state index contributed by atoms with van der Waals surface area (Å²) in [5.41, 5.74) is 5.57. The monoisotopic (exact) mass is 833 g/mol. The standard InChI is InChI=1S/C44H55N11O2S2/c1-28-26-34(27-29(2)45-28)55(42-50-36-15-25-59-38(36)40(52-42)47-31-10-16-43(3,56)17-11-31)57-44(4)18-12-32(13-19-44)46-39-37-35(14-24-58-37)49-41(51-39)48-30-6-8-33(9-7-30)54-22-20-53(5)21-23-54/h6-9,14-15,24-27,31-32,56H,10-13,16-23H2,1-5H3,(H,47,50,52)(H2,46,48,49,51). The van der Waals surface area contributed by atoms with Crippen LogP contribution in [0.2, 0.25) is 0 Å². The van der Waals surface area contributed by atoms with E-state index in [4.69, 9.17) is 24.8 Å². The van der Waals surface area contributed by atoms with E-state index < -0.39 is 11.2 Å². The second kappa shape index (κ2) is 16.4. The van der Waals surface area contributed by atoms with Gasteiger partial charge in [0.15, 0.2) is 0 Å². The van der Waals surface area contributed by atoms with Gasteiger partial charge in [-0.2, -0.15) is 15.0 Å². The minimum Gasteiger partial charge on any atom is -0.390 e. The number of nitrogens with zero attached hydrogens (tertiary/aromatic N) is 8. The number of hydrogen-bond donors (Lipinski definition) is 4. The van der Waals surface area contributed by atoms with Gasteiger partial charge in [-0.1, -0.05) is 0 Å². The van der Waals surface area contributed by atoms with Crippen molar-refractivity contribution in [1.29, 1.82) is 0 Å². The van der Waals surface area contributed by atoms with Crippen molar-refractivity contribution in [2.45, 2.75) is 102 Å². The number of thiophene rings is 2. The summed E-state index contributed by atoms with van der Waals surface area (Å²) in [6.07, 6.45) is 6.72. The van der Waals surface area contributed by atoms with Crippen molar-refractivity contribution in [3.8, 4) is 0 Å². The highest BCUT2D eigenvalue weighted by atomic mass is 32.1. The van der Waals surface area contributed by atoms with Gasteiger partial charge in [-0.25, -0.2) is 9.97 Å². The lowest BCUT2D eigenvalue weighted by atomic mass is 9.83. The minimum atomic E-state index is -0.609. The fraction of sp³-hybridized carbons (Fsp3) is 0.477. The molecule has 13 nitrogen and oxygen atoms in total. The Morgan fingerprint density at radius 1 is 0.729 bits per heavy atom. The van der Waals surface area contributed by atoms with E-state index in [2.05, 4.69) is 85.8 Å². The number of piperazine rings is 1. The van der Waals surface area contributed by atoms with Crippen LogP contribution in [0.5, 0.6) is 0 Å². The van der Waals surface area contributed by atoms with Crippen molar-refractivity contribution >= 4 is 83.7 Å². The summed E-state index contributed by atoms with van der Waals surface area (Å²) in [7, 11) is 2.18. The molecule has 2 aliphatic carbocycles. The lowest BCUT2D eigenvalue weighted by Crippen LogP contribution is -2.44. The first-order valence-corrected chi connectivity index (χ1v) is 22.7. The van der Waals surface area contributed by atoms with E-state index >= 15 is 0 Å². The predicted octanol–water partition coefficient (Wildman–Crippen LogP) is 9.19. The molecular formula is C44H55N11O2S2. The largest absolute Gasteiger partial charge is 0.390 e. The molecule has 0 spiro atoms. The molecule has 0 bridgehead atoms. The molecule has 6 aromatic rings. The number of fused-ring (bicyclic) bond motifs is 2. The van der Waals surface area contributed by atoms with Gasteiger partial charge in [-0.05, 0) is 145 Å². The molecule has 9 rings (SSSR count). The van der Waals surface area contributed by atoms with Crippen LogP contribution >= 0.6 is 22.7 Å². The summed E-state index contributed by atoms with van der Waals surface area (Å²) >= 11 is 3.30. The van der Waals surface area contributed by atoms with Gasteiger partial charge in [0.1, 0.15) is 11.6 Å². The molecule has 5 aromatic heterocycles. The van der Waals surface area contributed by atoms with Gasteiger partial charge in [-0.3, -0.25) is 9.82 Å². The molecule has 0 unspecified atom stereocenters. The molecule has 0 amide bonds. The molecule has 2 saturated carbocycles. The normalized spacial score (nSPS) is 24.1. The van der Waals surface area contributed by atoms with Crippen LogP contribution in [0, 0.1) is 13.8 Å². The van der Waals surface area contributed by atoms with Crippen molar-refractivity contribution < 1.29 is 9.94 Å². The lowest BCUT2D eigenvalue weighted by Gasteiger charge is -2.40. The van der Waals surface area contributed by atoms with E-state index in [-0.39, 0.29) is 12.1 Å². The summed E-state index contributed by atoms with van der Waals surface area (Å²) in [4.78, 5) is 36.7. The predicted molar refractivity (Wildman–Crippen MR) is 242 cm³/mol. The molecule has 3 fully saturated rings. The van der Waals surface area contributed by atoms with E-state index in [0.717, 1.165) is 132 Å². The molecule has 15 heteroatoms. The van der Waals surface area contributed by atoms with Crippen LogP contribution in [0.25, 0.3) is 20.4 Å².